The Labute approximate surface area is 116 Å². The van der Waals surface area contributed by atoms with Crippen LogP contribution in [0.15, 0.2) is 34.9 Å². The van der Waals surface area contributed by atoms with Gasteiger partial charge in [0, 0.05) is 29.3 Å². The van der Waals surface area contributed by atoms with Crippen molar-refractivity contribution in [3.63, 3.8) is 0 Å². The minimum atomic E-state index is 0.655. The summed E-state index contributed by atoms with van der Waals surface area (Å²) in [7, 11) is 0. The fraction of sp³-hybridized carbons (Fsp3) is 0.400. The van der Waals surface area contributed by atoms with Crippen molar-refractivity contribution in [2.24, 2.45) is 0 Å². The van der Waals surface area contributed by atoms with Gasteiger partial charge in [0.25, 0.3) is 0 Å². The van der Waals surface area contributed by atoms with Crippen molar-refractivity contribution in [2.45, 2.75) is 38.6 Å². The lowest BCUT2D eigenvalue weighted by Crippen LogP contribution is -2.15. The van der Waals surface area contributed by atoms with Gasteiger partial charge in [-0.2, -0.15) is 0 Å². The molecule has 2 heterocycles. The molecule has 0 amide bonds. The maximum atomic E-state index is 4.62. The van der Waals surface area contributed by atoms with Crippen molar-refractivity contribution in [1.29, 1.82) is 0 Å². The molecule has 0 fully saturated rings. The molecule has 1 aliphatic heterocycles. The second-order valence-corrected chi connectivity index (χ2v) is 6.02. The fourth-order valence-electron chi connectivity index (χ4n) is 2.75. The topological polar surface area (TPSA) is 17.8 Å². The molecule has 1 aliphatic rings. The van der Waals surface area contributed by atoms with Crippen LogP contribution >= 0.6 is 15.9 Å². The Kier molecular flexibility index (Phi) is 3.25. The fourth-order valence-corrected chi connectivity index (χ4v) is 3.20. The molecule has 1 atom stereocenters. The highest BCUT2D eigenvalue weighted by Gasteiger charge is 2.19. The Hall–Kier alpha value is -1.09. The predicted octanol–water partition coefficient (Wildman–Crippen LogP) is 4.13. The summed E-state index contributed by atoms with van der Waals surface area (Å²) in [5.74, 6) is 1.86. The van der Waals surface area contributed by atoms with Crippen LogP contribution in [-0.4, -0.2) is 9.55 Å². The third-order valence-electron chi connectivity index (χ3n) is 3.74. The molecule has 3 heteroatoms. The van der Waals surface area contributed by atoms with Gasteiger partial charge in [-0.3, -0.25) is 0 Å². The summed E-state index contributed by atoms with van der Waals surface area (Å²) in [6.45, 7) is 3.43. The molecule has 1 aromatic carbocycles. The van der Waals surface area contributed by atoms with Crippen LogP contribution in [0.3, 0.4) is 0 Å². The molecular weight excluding hydrogens is 288 g/mol. The van der Waals surface area contributed by atoms with E-state index in [0.29, 0.717) is 5.92 Å². The van der Waals surface area contributed by atoms with E-state index in [2.05, 4.69) is 62.9 Å². The molecule has 0 radical (unpaired) electrons. The number of hydrogen-bond donors (Lipinski definition) is 0. The molecule has 0 saturated carbocycles. The van der Waals surface area contributed by atoms with Gasteiger partial charge in [0.1, 0.15) is 5.82 Å². The van der Waals surface area contributed by atoms with Crippen molar-refractivity contribution in [2.75, 3.05) is 0 Å². The minimum Gasteiger partial charge on any atom is -0.332 e. The first kappa shape index (κ1) is 12.0. The van der Waals surface area contributed by atoms with Crippen LogP contribution in [0.1, 0.15) is 42.8 Å². The minimum absolute atomic E-state index is 0.655. The summed E-state index contributed by atoms with van der Waals surface area (Å²) >= 11 is 3.52. The molecule has 2 aromatic rings. The predicted molar refractivity (Wildman–Crippen MR) is 76.8 cm³/mol. The monoisotopic (exact) mass is 304 g/mol. The summed E-state index contributed by atoms with van der Waals surface area (Å²) in [6, 6.07) is 8.49. The number of hydrogen-bond acceptors (Lipinski definition) is 1. The van der Waals surface area contributed by atoms with E-state index in [0.717, 1.165) is 17.4 Å². The Bertz CT molecular complexity index is 559. The van der Waals surface area contributed by atoms with Crippen molar-refractivity contribution in [3.05, 3.63) is 52.0 Å². The van der Waals surface area contributed by atoms with Crippen LogP contribution in [0.4, 0.5) is 0 Å². The lowest BCUT2D eigenvalue weighted by molar-refractivity contribution is 0.465. The number of imidazole rings is 1. The van der Waals surface area contributed by atoms with Crippen LogP contribution < -0.4 is 0 Å². The van der Waals surface area contributed by atoms with Crippen LogP contribution in [0.5, 0.6) is 0 Å². The molecular formula is C15H17BrN2. The second-order valence-electron chi connectivity index (χ2n) is 5.10. The van der Waals surface area contributed by atoms with E-state index in [1.807, 2.05) is 0 Å². The summed E-state index contributed by atoms with van der Waals surface area (Å²) < 4.78 is 3.55. The zero-order valence-corrected chi connectivity index (χ0v) is 12.2. The van der Waals surface area contributed by atoms with E-state index in [-0.39, 0.29) is 0 Å². The quantitative estimate of drug-likeness (QED) is 0.815. The molecule has 3 rings (SSSR count). The van der Waals surface area contributed by atoms with Crippen LogP contribution in [0, 0.1) is 0 Å². The molecule has 1 aromatic heterocycles. The summed E-state index contributed by atoms with van der Waals surface area (Å²) in [5.41, 5.74) is 2.72. The van der Waals surface area contributed by atoms with Gasteiger partial charge in [-0.25, -0.2) is 4.98 Å². The number of rotatable bonds is 2. The zero-order chi connectivity index (χ0) is 12.5. The lowest BCUT2D eigenvalue weighted by atomic mass is 9.98. The largest absolute Gasteiger partial charge is 0.332 e. The van der Waals surface area contributed by atoms with Crippen LogP contribution in [0.2, 0.25) is 0 Å². The first-order chi connectivity index (χ1) is 8.74. The average molecular weight is 305 g/mol. The molecule has 0 spiro atoms. The highest BCUT2D eigenvalue weighted by Crippen LogP contribution is 2.28. The van der Waals surface area contributed by atoms with Gasteiger partial charge in [0.15, 0.2) is 0 Å². The van der Waals surface area contributed by atoms with Gasteiger partial charge in [-0.15, -0.1) is 0 Å². The van der Waals surface area contributed by atoms with Crippen molar-refractivity contribution in [3.8, 4) is 0 Å². The van der Waals surface area contributed by atoms with Gasteiger partial charge >= 0.3 is 0 Å². The van der Waals surface area contributed by atoms with Gasteiger partial charge in [0.2, 0.25) is 0 Å². The van der Waals surface area contributed by atoms with Gasteiger partial charge < -0.3 is 4.57 Å². The maximum Gasteiger partial charge on any atom is 0.113 e. The van der Waals surface area contributed by atoms with E-state index in [1.165, 1.54) is 29.9 Å². The molecule has 1 unspecified atom stereocenters. The standard InChI is InChI=1S/C15H17BrN2/c1-11-4-3-7-18-14(11)10-17-15(18)9-12-5-2-6-13(16)8-12/h2,5-6,8,10-11H,3-4,7,9H2,1H3. The summed E-state index contributed by atoms with van der Waals surface area (Å²) in [6.07, 6.45) is 5.56. The molecule has 2 nitrogen and oxygen atoms in total. The normalized spacial score (nSPS) is 18.7. The summed E-state index contributed by atoms with van der Waals surface area (Å²) in [4.78, 5) is 4.62. The van der Waals surface area contributed by atoms with Crippen molar-refractivity contribution < 1.29 is 0 Å². The SMILES string of the molecule is CC1CCCn2c1cnc2Cc1cccc(Br)c1. The Morgan fingerprint density at radius 3 is 3.17 bits per heavy atom. The van der Waals surface area contributed by atoms with Crippen LogP contribution in [0.25, 0.3) is 0 Å². The van der Waals surface area contributed by atoms with E-state index >= 15 is 0 Å². The highest BCUT2D eigenvalue weighted by molar-refractivity contribution is 9.10. The third-order valence-corrected chi connectivity index (χ3v) is 4.24. The molecule has 0 saturated heterocycles. The Balaban J connectivity index is 1.90. The van der Waals surface area contributed by atoms with E-state index in [4.69, 9.17) is 0 Å². The van der Waals surface area contributed by atoms with Gasteiger partial charge in [-0.1, -0.05) is 35.0 Å². The lowest BCUT2D eigenvalue weighted by Gasteiger charge is -2.22. The molecule has 0 bridgehead atoms. The molecule has 18 heavy (non-hydrogen) atoms. The average Bonchev–Trinajstić information content (AvgIpc) is 2.74. The first-order valence-corrected chi connectivity index (χ1v) is 7.32. The number of fused-ring (bicyclic) bond motifs is 1. The molecule has 94 valence electrons. The number of halogens is 1. The Morgan fingerprint density at radius 2 is 2.33 bits per heavy atom. The van der Waals surface area contributed by atoms with Gasteiger partial charge in [-0.05, 0) is 36.5 Å². The smallest absolute Gasteiger partial charge is 0.113 e. The number of aromatic nitrogens is 2. The van der Waals surface area contributed by atoms with Crippen molar-refractivity contribution in [1.82, 2.24) is 9.55 Å². The second kappa shape index (κ2) is 4.88. The van der Waals surface area contributed by atoms with Crippen LogP contribution in [-0.2, 0) is 13.0 Å². The number of nitrogens with zero attached hydrogens (tertiary/aromatic N) is 2. The van der Waals surface area contributed by atoms with E-state index < -0.39 is 0 Å². The third kappa shape index (κ3) is 2.24. The van der Waals surface area contributed by atoms with E-state index in [9.17, 15) is 0 Å². The summed E-state index contributed by atoms with van der Waals surface area (Å²) in [5, 5.41) is 0. The maximum absolute atomic E-state index is 4.62. The highest BCUT2D eigenvalue weighted by atomic mass is 79.9. The number of benzene rings is 1. The van der Waals surface area contributed by atoms with E-state index in [1.54, 1.807) is 0 Å². The Morgan fingerprint density at radius 1 is 1.44 bits per heavy atom. The molecule has 0 N–H and O–H groups in total. The van der Waals surface area contributed by atoms with Gasteiger partial charge in [0.05, 0.1) is 0 Å². The first-order valence-electron chi connectivity index (χ1n) is 6.53. The zero-order valence-electron chi connectivity index (χ0n) is 10.6. The van der Waals surface area contributed by atoms with Crippen molar-refractivity contribution >= 4 is 15.9 Å². The molecule has 0 aliphatic carbocycles.